The number of hydrogen-bond donors (Lipinski definition) is 8. The Hall–Kier alpha value is -4.13. The summed E-state index contributed by atoms with van der Waals surface area (Å²) in [7, 11) is 0. The second-order valence-corrected chi connectivity index (χ2v) is 9.48. The summed E-state index contributed by atoms with van der Waals surface area (Å²) in [6, 6.07) is 4.74. The van der Waals surface area contributed by atoms with E-state index in [1.165, 1.54) is 0 Å². The second-order valence-electron chi connectivity index (χ2n) is 9.48. The molecule has 0 aliphatic heterocycles. The van der Waals surface area contributed by atoms with Gasteiger partial charge < -0.3 is 43.2 Å². The maximum absolute atomic E-state index is 13.2. The molecule has 13 nitrogen and oxygen atoms in total. The minimum atomic E-state index is -1.22. The first kappa shape index (κ1) is 30.1. The van der Waals surface area contributed by atoms with Crippen LogP contribution >= 0.6 is 0 Å². The van der Waals surface area contributed by atoms with Crippen LogP contribution in [0, 0.1) is 5.92 Å². The van der Waals surface area contributed by atoms with Gasteiger partial charge in [0.25, 0.3) is 0 Å². The highest BCUT2D eigenvalue weighted by Crippen LogP contribution is 2.19. The number of guanidine groups is 1. The molecule has 0 aliphatic rings. The summed E-state index contributed by atoms with van der Waals surface area (Å²) in [5, 5.41) is 17.5. The number of carboxylic acid groups (broad SMARTS) is 1. The summed E-state index contributed by atoms with van der Waals surface area (Å²) in [6.45, 7) is 3.40. The van der Waals surface area contributed by atoms with Gasteiger partial charge in [-0.3, -0.25) is 24.2 Å². The lowest BCUT2D eigenvalue weighted by molar-refractivity contribution is -0.138. The Morgan fingerprint density at radius 3 is 2.37 bits per heavy atom. The smallest absolute Gasteiger partial charge is 0.322 e. The quantitative estimate of drug-likeness (QED) is 0.0832. The number of amides is 3. The Balaban J connectivity index is 2.09. The zero-order valence-electron chi connectivity index (χ0n) is 21.7. The van der Waals surface area contributed by atoms with Crippen molar-refractivity contribution >= 4 is 40.6 Å². The lowest BCUT2D eigenvalue weighted by atomic mass is 10.0. The molecule has 3 unspecified atom stereocenters. The molecule has 11 N–H and O–H groups in total. The van der Waals surface area contributed by atoms with Crippen LogP contribution in [0.5, 0.6) is 0 Å². The van der Waals surface area contributed by atoms with Gasteiger partial charge in [-0.15, -0.1) is 0 Å². The van der Waals surface area contributed by atoms with Crippen molar-refractivity contribution < 1.29 is 24.3 Å². The van der Waals surface area contributed by atoms with Crippen molar-refractivity contribution in [3.05, 3.63) is 36.0 Å². The number of para-hydroxylation sites is 1. The number of carbonyl (C=O) groups excluding carboxylic acids is 3. The zero-order valence-corrected chi connectivity index (χ0v) is 21.7. The molecule has 1 heterocycles. The number of nitrogens with zero attached hydrogens (tertiary/aromatic N) is 1. The number of hydrogen-bond acceptors (Lipinski definition) is 6. The maximum atomic E-state index is 13.2. The van der Waals surface area contributed by atoms with Crippen molar-refractivity contribution in [2.24, 2.45) is 28.1 Å². The molecule has 3 atom stereocenters. The number of H-pyrrole nitrogens is 1. The Kier molecular flexibility index (Phi) is 11.5. The van der Waals surface area contributed by atoms with E-state index in [4.69, 9.17) is 22.3 Å². The molecule has 3 amide bonds. The van der Waals surface area contributed by atoms with Crippen LogP contribution in [0.25, 0.3) is 10.9 Å². The number of rotatable bonds is 15. The second kappa shape index (κ2) is 14.6. The minimum Gasteiger partial charge on any atom is -0.480 e. The number of aromatic nitrogens is 1. The van der Waals surface area contributed by atoms with E-state index in [0.717, 1.165) is 16.5 Å². The molecule has 0 bridgehead atoms. The fraction of sp³-hybridized carbons (Fsp3) is 0.480. The van der Waals surface area contributed by atoms with Crippen LogP contribution < -0.4 is 33.2 Å². The molecular formula is C25H38N8O5. The third-order valence-corrected chi connectivity index (χ3v) is 5.78. The van der Waals surface area contributed by atoms with Crippen LogP contribution in [0.4, 0.5) is 0 Å². The Labute approximate surface area is 221 Å². The van der Waals surface area contributed by atoms with Gasteiger partial charge >= 0.3 is 5.97 Å². The molecule has 0 aliphatic carbocycles. The number of benzene rings is 1. The first-order chi connectivity index (χ1) is 18.0. The van der Waals surface area contributed by atoms with E-state index in [0.29, 0.717) is 12.8 Å². The van der Waals surface area contributed by atoms with Gasteiger partial charge in [-0.05, 0) is 43.2 Å². The van der Waals surface area contributed by atoms with Crippen molar-refractivity contribution in [1.29, 1.82) is 0 Å². The van der Waals surface area contributed by atoms with E-state index in [1.807, 2.05) is 38.1 Å². The first-order valence-corrected chi connectivity index (χ1v) is 12.4. The van der Waals surface area contributed by atoms with Crippen LogP contribution in [0.2, 0.25) is 0 Å². The molecule has 0 saturated heterocycles. The Morgan fingerprint density at radius 1 is 1.03 bits per heavy atom. The summed E-state index contributed by atoms with van der Waals surface area (Å²) in [5.74, 6) is -3.05. The van der Waals surface area contributed by atoms with Crippen LogP contribution in [-0.4, -0.2) is 71.0 Å². The van der Waals surface area contributed by atoms with Gasteiger partial charge in [0.2, 0.25) is 17.7 Å². The molecule has 0 saturated carbocycles. The number of aromatic amines is 1. The summed E-state index contributed by atoms with van der Waals surface area (Å²) < 4.78 is 0. The predicted molar refractivity (Wildman–Crippen MR) is 144 cm³/mol. The van der Waals surface area contributed by atoms with Crippen molar-refractivity contribution in [1.82, 2.24) is 20.9 Å². The zero-order chi connectivity index (χ0) is 28.2. The minimum absolute atomic E-state index is 0.0389. The van der Waals surface area contributed by atoms with Crippen LogP contribution in [0.15, 0.2) is 35.5 Å². The molecule has 2 aromatic rings. The summed E-state index contributed by atoms with van der Waals surface area (Å²) in [6.07, 6.45) is 2.86. The highest BCUT2D eigenvalue weighted by atomic mass is 16.4. The fourth-order valence-corrected chi connectivity index (χ4v) is 3.94. The third-order valence-electron chi connectivity index (χ3n) is 5.78. The molecule has 2 rings (SSSR count). The standard InChI is InChI=1S/C25H38N8O5/c1-14(2)10-20(33-22(36)17(26)11-15-12-30-18-7-4-3-6-16(15)18)24(38)32-19(8-5-9-29-25(27)28)23(37)31-13-21(34)35/h3-4,6-7,12,14,17,19-20,30H,5,8-11,13,26H2,1-2H3,(H,31,37)(H,32,38)(H,33,36)(H,34,35)(H4,27,28,29). The van der Waals surface area contributed by atoms with Crippen LogP contribution in [-0.2, 0) is 25.6 Å². The number of carbonyl (C=O) groups is 4. The summed E-state index contributed by atoms with van der Waals surface area (Å²) >= 11 is 0. The van der Waals surface area contributed by atoms with Crippen molar-refractivity contribution in [2.75, 3.05) is 13.1 Å². The number of nitrogens with two attached hydrogens (primary N) is 3. The number of aliphatic imine (C=N–C) groups is 1. The number of aliphatic carboxylic acids is 1. The van der Waals surface area contributed by atoms with Crippen molar-refractivity contribution in [3.8, 4) is 0 Å². The maximum Gasteiger partial charge on any atom is 0.322 e. The molecule has 0 radical (unpaired) electrons. The average Bonchev–Trinajstić information content (AvgIpc) is 3.26. The van der Waals surface area contributed by atoms with Gasteiger partial charge in [-0.25, -0.2) is 0 Å². The van der Waals surface area contributed by atoms with E-state index >= 15 is 0 Å². The number of nitrogens with one attached hydrogen (secondary N) is 4. The van der Waals surface area contributed by atoms with E-state index < -0.39 is 48.4 Å². The van der Waals surface area contributed by atoms with Gasteiger partial charge in [-0.2, -0.15) is 0 Å². The molecule has 208 valence electrons. The topological polar surface area (TPSA) is 231 Å². The summed E-state index contributed by atoms with van der Waals surface area (Å²) in [5.41, 5.74) is 18.6. The van der Waals surface area contributed by atoms with Crippen LogP contribution in [0.1, 0.15) is 38.7 Å². The van der Waals surface area contributed by atoms with E-state index in [1.54, 1.807) is 6.20 Å². The van der Waals surface area contributed by atoms with Gasteiger partial charge in [-0.1, -0.05) is 32.0 Å². The van der Waals surface area contributed by atoms with Gasteiger partial charge in [0, 0.05) is 23.6 Å². The van der Waals surface area contributed by atoms with Crippen LogP contribution in [0.3, 0.4) is 0 Å². The third kappa shape index (κ3) is 9.73. The monoisotopic (exact) mass is 530 g/mol. The highest BCUT2D eigenvalue weighted by molar-refractivity contribution is 5.94. The van der Waals surface area contributed by atoms with Gasteiger partial charge in [0.05, 0.1) is 6.04 Å². The Morgan fingerprint density at radius 2 is 1.71 bits per heavy atom. The van der Waals surface area contributed by atoms with Crippen molar-refractivity contribution in [3.63, 3.8) is 0 Å². The normalized spacial score (nSPS) is 13.4. The number of carboxylic acids is 1. The fourth-order valence-electron chi connectivity index (χ4n) is 3.94. The van der Waals surface area contributed by atoms with E-state index in [9.17, 15) is 19.2 Å². The van der Waals surface area contributed by atoms with E-state index in [-0.39, 0.29) is 31.3 Å². The largest absolute Gasteiger partial charge is 0.480 e. The molecule has 38 heavy (non-hydrogen) atoms. The van der Waals surface area contributed by atoms with Gasteiger partial charge in [0.1, 0.15) is 18.6 Å². The molecule has 1 aromatic heterocycles. The molecule has 0 spiro atoms. The first-order valence-electron chi connectivity index (χ1n) is 12.4. The lowest BCUT2D eigenvalue weighted by Gasteiger charge is -2.25. The molecule has 1 aromatic carbocycles. The van der Waals surface area contributed by atoms with Gasteiger partial charge in [0.15, 0.2) is 5.96 Å². The number of fused-ring (bicyclic) bond motifs is 1. The molecule has 0 fully saturated rings. The average molecular weight is 531 g/mol. The molecular weight excluding hydrogens is 492 g/mol. The Bertz CT molecular complexity index is 1140. The van der Waals surface area contributed by atoms with Crippen molar-refractivity contribution in [2.45, 2.75) is 57.7 Å². The highest BCUT2D eigenvalue weighted by Gasteiger charge is 2.29. The SMILES string of the molecule is CC(C)CC(NC(=O)C(N)Cc1c[nH]c2ccccc12)C(=O)NC(CCCN=C(N)N)C(=O)NCC(=O)O. The van der Waals surface area contributed by atoms with E-state index in [2.05, 4.69) is 25.9 Å². The molecule has 13 heteroatoms. The lowest BCUT2D eigenvalue weighted by Crippen LogP contribution is -2.56. The summed E-state index contributed by atoms with van der Waals surface area (Å²) in [4.78, 5) is 56.6. The predicted octanol–water partition coefficient (Wildman–Crippen LogP) is -0.692.